The van der Waals surface area contributed by atoms with Gasteiger partial charge in [0.15, 0.2) is 11.5 Å². The van der Waals surface area contributed by atoms with Gasteiger partial charge in [0, 0.05) is 47.9 Å². The van der Waals surface area contributed by atoms with Crippen LogP contribution < -0.4 is 10.1 Å². The van der Waals surface area contributed by atoms with Crippen molar-refractivity contribution in [2.45, 2.75) is 13.0 Å². The highest BCUT2D eigenvalue weighted by atomic mass is 35.5. The topological polar surface area (TPSA) is 125 Å². The number of hydrogen-bond donors (Lipinski definition) is 2. The van der Waals surface area contributed by atoms with E-state index >= 15 is 0 Å². The number of benzene rings is 1. The van der Waals surface area contributed by atoms with Gasteiger partial charge in [0.25, 0.3) is 5.91 Å². The van der Waals surface area contributed by atoms with Crippen LogP contribution in [0, 0.1) is 0 Å². The lowest BCUT2D eigenvalue weighted by atomic mass is 10.1. The zero-order valence-electron chi connectivity index (χ0n) is 20.6. The molecule has 10 nitrogen and oxygen atoms in total. The Balaban J connectivity index is 1.31. The summed E-state index contributed by atoms with van der Waals surface area (Å²) in [5.74, 6) is 1.51. The first-order chi connectivity index (χ1) is 18.2. The summed E-state index contributed by atoms with van der Waals surface area (Å²) in [5.41, 5.74) is 1.95. The van der Waals surface area contributed by atoms with Gasteiger partial charge in [0.05, 0.1) is 37.2 Å². The van der Waals surface area contributed by atoms with Crippen LogP contribution in [0.15, 0.2) is 53.3 Å². The molecule has 1 unspecified atom stereocenters. The molecule has 1 saturated heterocycles. The Bertz CT molecular complexity index is 1580. The highest BCUT2D eigenvalue weighted by Gasteiger charge is 2.20. The van der Waals surface area contributed by atoms with E-state index in [1.165, 1.54) is 18.6 Å². The number of fused-ring (bicyclic) bond motifs is 1. The maximum absolute atomic E-state index is 13.0. The SMILES string of the molecule is CC(Oc1ccc2[nH]nc(C(=O)Nc3ccc(N=S4(=O)CCN(C)CC4)nc3)c2c1)c1c(Cl)cncc1Cl. The highest BCUT2D eigenvalue weighted by molar-refractivity contribution is 7.93. The molecule has 0 saturated carbocycles. The Labute approximate surface area is 229 Å². The standard InChI is InChI=1S/C25H25Cl2N7O3S/c1-15(23-19(26)13-28-14-20(23)27)37-17-4-5-21-18(11-17)24(32-31-21)25(35)30-16-3-6-22(29-12-16)33-38(36)9-7-34(2)8-10-38/h3-6,11-15H,7-10H2,1-2H3,(H,30,35)(H,31,32). The molecule has 13 heteroatoms. The zero-order valence-corrected chi connectivity index (χ0v) is 23.0. The lowest BCUT2D eigenvalue weighted by Gasteiger charge is -2.24. The molecular weight excluding hydrogens is 549 g/mol. The summed E-state index contributed by atoms with van der Waals surface area (Å²) in [7, 11) is -0.317. The van der Waals surface area contributed by atoms with Crippen molar-refractivity contribution in [1.29, 1.82) is 0 Å². The van der Waals surface area contributed by atoms with Crippen LogP contribution in [0.1, 0.15) is 29.1 Å². The fourth-order valence-corrected chi connectivity index (χ4v) is 6.79. The number of aromatic nitrogens is 4. The first-order valence-electron chi connectivity index (χ1n) is 11.8. The number of nitrogens with one attached hydrogen (secondary N) is 2. The minimum Gasteiger partial charge on any atom is -0.486 e. The molecule has 1 aliphatic heterocycles. The summed E-state index contributed by atoms with van der Waals surface area (Å²) in [6.45, 7) is 3.31. The Morgan fingerprint density at radius 1 is 1.16 bits per heavy atom. The molecule has 3 aromatic heterocycles. The zero-order chi connectivity index (χ0) is 26.9. The third-order valence-corrected chi connectivity index (χ3v) is 8.97. The number of amides is 1. The van der Waals surface area contributed by atoms with E-state index in [4.69, 9.17) is 27.9 Å². The number of H-pyrrole nitrogens is 1. The van der Waals surface area contributed by atoms with E-state index in [1.54, 1.807) is 30.3 Å². The van der Waals surface area contributed by atoms with E-state index in [0.29, 0.717) is 55.3 Å². The molecular formula is C25H25Cl2N7O3S. The van der Waals surface area contributed by atoms with E-state index in [-0.39, 0.29) is 5.69 Å². The number of carbonyl (C=O) groups excluding carboxylic acids is 1. The molecule has 1 amide bonds. The van der Waals surface area contributed by atoms with E-state index in [1.807, 2.05) is 14.0 Å². The smallest absolute Gasteiger partial charge is 0.276 e. The van der Waals surface area contributed by atoms with E-state index in [2.05, 4.69) is 34.7 Å². The number of rotatable bonds is 6. The fourth-order valence-electron chi connectivity index (χ4n) is 4.09. The first-order valence-corrected chi connectivity index (χ1v) is 14.4. The van der Waals surface area contributed by atoms with Crippen molar-refractivity contribution in [1.82, 2.24) is 25.1 Å². The second-order valence-corrected chi connectivity index (χ2v) is 12.3. The third-order valence-electron chi connectivity index (χ3n) is 6.21. The van der Waals surface area contributed by atoms with Gasteiger partial charge in [0.2, 0.25) is 0 Å². The maximum atomic E-state index is 13.0. The predicted molar refractivity (Wildman–Crippen MR) is 149 cm³/mol. The number of ether oxygens (including phenoxy) is 1. The highest BCUT2D eigenvalue weighted by Crippen LogP contribution is 2.33. The molecule has 0 spiro atoms. The summed E-state index contributed by atoms with van der Waals surface area (Å²) in [5, 5.41) is 11.2. The van der Waals surface area contributed by atoms with Crippen LogP contribution in [0.3, 0.4) is 0 Å². The molecule has 2 N–H and O–H groups in total. The molecule has 0 aliphatic carbocycles. The largest absolute Gasteiger partial charge is 0.486 e. The molecule has 1 aromatic carbocycles. The van der Waals surface area contributed by atoms with Crippen LogP contribution in [-0.2, 0) is 9.73 Å². The van der Waals surface area contributed by atoms with Crippen LogP contribution in [-0.4, -0.2) is 66.8 Å². The molecule has 4 heterocycles. The van der Waals surface area contributed by atoms with Gasteiger partial charge in [-0.1, -0.05) is 23.2 Å². The summed E-state index contributed by atoms with van der Waals surface area (Å²) in [4.78, 5) is 23.4. The van der Waals surface area contributed by atoms with Gasteiger partial charge in [-0.3, -0.25) is 14.9 Å². The van der Waals surface area contributed by atoms with E-state index in [9.17, 15) is 9.00 Å². The summed E-state index contributed by atoms with van der Waals surface area (Å²) in [6, 6.07) is 8.59. The fraction of sp³-hybridized carbons (Fsp3) is 0.280. The van der Waals surface area contributed by atoms with Crippen LogP contribution in [0.25, 0.3) is 10.9 Å². The van der Waals surface area contributed by atoms with Gasteiger partial charge in [-0.05, 0) is 44.3 Å². The summed E-state index contributed by atoms with van der Waals surface area (Å²) < 4.78 is 23.4. The number of halogens is 2. The van der Waals surface area contributed by atoms with Gasteiger partial charge in [-0.25, -0.2) is 9.19 Å². The van der Waals surface area contributed by atoms with Crippen molar-refractivity contribution in [3.05, 3.63) is 70.2 Å². The van der Waals surface area contributed by atoms with Gasteiger partial charge in [0.1, 0.15) is 11.9 Å². The lowest BCUT2D eigenvalue weighted by molar-refractivity contribution is 0.102. The van der Waals surface area contributed by atoms with Crippen molar-refractivity contribution in [2.75, 3.05) is 37.0 Å². The van der Waals surface area contributed by atoms with Gasteiger partial charge in [-0.2, -0.15) is 9.46 Å². The lowest BCUT2D eigenvalue weighted by Crippen LogP contribution is -2.37. The number of aromatic amines is 1. The molecule has 4 aromatic rings. The third kappa shape index (κ3) is 5.75. The van der Waals surface area contributed by atoms with Crippen LogP contribution in [0.4, 0.5) is 11.5 Å². The van der Waals surface area contributed by atoms with Crippen LogP contribution in [0.5, 0.6) is 5.75 Å². The molecule has 0 radical (unpaired) electrons. The normalized spacial score (nSPS) is 16.2. The Morgan fingerprint density at radius 2 is 1.89 bits per heavy atom. The minimum atomic E-state index is -2.32. The molecule has 5 rings (SSSR count). The number of nitrogens with zero attached hydrogens (tertiary/aromatic N) is 5. The molecule has 38 heavy (non-hydrogen) atoms. The number of anilines is 1. The van der Waals surface area contributed by atoms with Gasteiger partial charge in [-0.15, -0.1) is 0 Å². The first kappa shape index (κ1) is 26.4. The maximum Gasteiger partial charge on any atom is 0.276 e. The van der Waals surface area contributed by atoms with Crippen molar-refractivity contribution in [2.24, 2.45) is 4.36 Å². The number of carbonyl (C=O) groups is 1. The summed E-state index contributed by atoms with van der Waals surface area (Å²) >= 11 is 12.5. The molecule has 1 atom stereocenters. The van der Waals surface area contributed by atoms with Crippen molar-refractivity contribution in [3.63, 3.8) is 0 Å². The molecule has 198 valence electrons. The van der Waals surface area contributed by atoms with E-state index < -0.39 is 21.7 Å². The van der Waals surface area contributed by atoms with Crippen molar-refractivity contribution >= 4 is 61.2 Å². The predicted octanol–water partition coefficient (Wildman–Crippen LogP) is 5.10. The van der Waals surface area contributed by atoms with Crippen molar-refractivity contribution in [3.8, 4) is 5.75 Å². The minimum absolute atomic E-state index is 0.195. The Hall–Kier alpha value is -3.25. The van der Waals surface area contributed by atoms with Crippen LogP contribution >= 0.6 is 23.2 Å². The van der Waals surface area contributed by atoms with E-state index in [0.717, 1.165) is 13.1 Å². The Kier molecular flexibility index (Phi) is 7.53. The second-order valence-electron chi connectivity index (χ2n) is 8.99. The molecule has 1 aliphatic rings. The second kappa shape index (κ2) is 10.9. The Morgan fingerprint density at radius 3 is 2.58 bits per heavy atom. The average molecular weight is 574 g/mol. The quantitative estimate of drug-likeness (QED) is 0.328. The van der Waals surface area contributed by atoms with Crippen molar-refractivity contribution < 1.29 is 13.7 Å². The number of pyridine rings is 2. The van der Waals surface area contributed by atoms with Crippen LogP contribution in [0.2, 0.25) is 10.0 Å². The van der Waals surface area contributed by atoms with Gasteiger partial charge >= 0.3 is 0 Å². The molecule has 0 bridgehead atoms. The van der Waals surface area contributed by atoms with Gasteiger partial charge < -0.3 is 15.0 Å². The monoisotopic (exact) mass is 573 g/mol. The summed E-state index contributed by atoms with van der Waals surface area (Å²) in [6.07, 6.45) is 4.05. The molecule has 1 fully saturated rings. The number of hydrogen-bond acceptors (Lipinski definition) is 8. The average Bonchev–Trinajstić information content (AvgIpc) is 3.31.